The molecule has 20 heavy (non-hydrogen) atoms. The van der Waals surface area contributed by atoms with E-state index in [1.54, 1.807) is 0 Å². The third-order valence-corrected chi connectivity index (χ3v) is 2.80. The standard InChI is InChI=1S/C14H14N4O2/c15-7-4-8-18-10-12(13(19)17-14(18)20)16-9-11-5-2-1-3-6-11/h1-3,5-6,10,16H,4,8-9H2,(H,17,19,20). The number of nitriles is 1. The van der Waals surface area contributed by atoms with Crippen LogP contribution in [-0.4, -0.2) is 9.55 Å². The predicted octanol–water partition coefficient (Wildman–Crippen LogP) is 1.06. The molecule has 6 nitrogen and oxygen atoms in total. The van der Waals surface area contributed by atoms with Crippen molar-refractivity contribution < 1.29 is 0 Å². The molecule has 1 heterocycles. The van der Waals surface area contributed by atoms with Crippen molar-refractivity contribution in [1.82, 2.24) is 9.55 Å². The van der Waals surface area contributed by atoms with Gasteiger partial charge in [0.15, 0.2) is 0 Å². The molecule has 1 aromatic carbocycles. The number of nitrogens with one attached hydrogen (secondary N) is 2. The van der Waals surface area contributed by atoms with E-state index in [4.69, 9.17) is 5.26 Å². The molecule has 0 radical (unpaired) electrons. The van der Waals surface area contributed by atoms with Gasteiger partial charge in [0.25, 0.3) is 5.56 Å². The Morgan fingerprint density at radius 2 is 2.00 bits per heavy atom. The smallest absolute Gasteiger partial charge is 0.328 e. The molecule has 0 aliphatic heterocycles. The summed E-state index contributed by atoms with van der Waals surface area (Å²) < 4.78 is 1.32. The van der Waals surface area contributed by atoms with E-state index in [0.29, 0.717) is 12.2 Å². The van der Waals surface area contributed by atoms with E-state index < -0.39 is 11.2 Å². The van der Waals surface area contributed by atoms with Crippen LogP contribution in [-0.2, 0) is 13.1 Å². The van der Waals surface area contributed by atoms with E-state index in [9.17, 15) is 9.59 Å². The highest BCUT2D eigenvalue weighted by Crippen LogP contribution is 2.03. The van der Waals surface area contributed by atoms with Crippen LogP contribution in [0.25, 0.3) is 0 Å². The third-order valence-electron chi connectivity index (χ3n) is 2.80. The average molecular weight is 270 g/mol. The Labute approximate surface area is 115 Å². The first-order valence-electron chi connectivity index (χ1n) is 6.19. The van der Waals surface area contributed by atoms with E-state index in [-0.39, 0.29) is 13.0 Å². The van der Waals surface area contributed by atoms with E-state index in [0.717, 1.165) is 5.56 Å². The van der Waals surface area contributed by atoms with Crippen LogP contribution in [0.4, 0.5) is 5.69 Å². The van der Waals surface area contributed by atoms with Gasteiger partial charge in [0.05, 0.1) is 12.5 Å². The first-order chi connectivity index (χ1) is 9.70. The van der Waals surface area contributed by atoms with Crippen LogP contribution in [0.3, 0.4) is 0 Å². The topological polar surface area (TPSA) is 90.7 Å². The molecule has 0 unspecified atom stereocenters. The van der Waals surface area contributed by atoms with Gasteiger partial charge in [0.2, 0.25) is 0 Å². The summed E-state index contributed by atoms with van der Waals surface area (Å²) in [6.45, 7) is 0.743. The maximum atomic E-state index is 11.7. The van der Waals surface area contributed by atoms with Gasteiger partial charge in [-0.25, -0.2) is 4.79 Å². The van der Waals surface area contributed by atoms with Crippen molar-refractivity contribution in [2.75, 3.05) is 5.32 Å². The molecule has 0 aliphatic rings. The lowest BCUT2D eigenvalue weighted by Crippen LogP contribution is -2.31. The number of aryl methyl sites for hydroxylation is 1. The van der Waals surface area contributed by atoms with Crippen molar-refractivity contribution in [3.63, 3.8) is 0 Å². The van der Waals surface area contributed by atoms with Gasteiger partial charge in [0, 0.05) is 19.3 Å². The Kier molecular flexibility index (Phi) is 4.35. The van der Waals surface area contributed by atoms with Crippen molar-refractivity contribution in [1.29, 1.82) is 5.26 Å². The minimum absolute atomic E-state index is 0.212. The summed E-state index contributed by atoms with van der Waals surface area (Å²) in [6.07, 6.45) is 1.66. The Morgan fingerprint density at radius 3 is 2.70 bits per heavy atom. The second kappa shape index (κ2) is 6.38. The number of aromatic amines is 1. The third kappa shape index (κ3) is 3.36. The zero-order chi connectivity index (χ0) is 14.4. The zero-order valence-electron chi connectivity index (χ0n) is 10.8. The van der Waals surface area contributed by atoms with Gasteiger partial charge in [-0.1, -0.05) is 30.3 Å². The van der Waals surface area contributed by atoms with E-state index in [1.807, 2.05) is 36.4 Å². The maximum absolute atomic E-state index is 11.7. The summed E-state index contributed by atoms with van der Waals surface area (Å²) in [5, 5.41) is 11.5. The Balaban J connectivity index is 2.17. The normalized spacial score (nSPS) is 9.95. The van der Waals surface area contributed by atoms with Crippen molar-refractivity contribution in [2.45, 2.75) is 19.5 Å². The van der Waals surface area contributed by atoms with E-state index in [1.165, 1.54) is 10.8 Å². The zero-order valence-corrected chi connectivity index (χ0v) is 10.8. The summed E-state index contributed by atoms with van der Waals surface area (Å²) in [4.78, 5) is 25.5. The number of hydrogen-bond acceptors (Lipinski definition) is 4. The summed E-state index contributed by atoms with van der Waals surface area (Å²) in [6, 6.07) is 11.6. The summed E-state index contributed by atoms with van der Waals surface area (Å²) in [5.41, 5.74) is 0.378. The molecule has 0 bridgehead atoms. The monoisotopic (exact) mass is 270 g/mol. The second-order valence-electron chi connectivity index (χ2n) is 4.24. The molecule has 0 saturated carbocycles. The lowest BCUT2D eigenvalue weighted by molar-refractivity contribution is 0.660. The summed E-state index contributed by atoms with van der Waals surface area (Å²) in [5.74, 6) is 0. The van der Waals surface area contributed by atoms with Crippen molar-refractivity contribution >= 4 is 5.69 Å². The molecule has 2 aromatic rings. The fraction of sp³-hybridized carbons (Fsp3) is 0.214. The van der Waals surface area contributed by atoms with Gasteiger partial charge in [-0.3, -0.25) is 14.3 Å². The lowest BCUT2D eigenvalue weighted by Gasteiger charge is -2.08. The largest absolute Gasteiger partial charge is 0.375 e. The Bertz CT molecular complexity index is 725. The molecule has 0 aliphatic carbocycles. The summed E-state index contributed by atoms with van der Waals surface area (Å²) in [7, 11) is 0. The average Bonchev–Trinajstić information content (AvgIpc) is 2.46. The molecular formula is C14H14N4O2. The Hall–Kier alpha value is -2.81. The van der Waals surface area contributed by atoms with Crippen LogP contribution in [0.5, 0.6) is 0 Å². The number of rotatable bonds is 5. The molecule has 2 rings (SSSR count). The van der Waals surface area contributed by atoms with Crippen LogP contribution in [0.15, 0.2) is 46.1 Å². The SMILES string of the molecule is N#CCCn1cc(NCc2ccccc2)c(=O)[nH]c1=O. The second-order valence-corrected chi connectivity index (χ2v) is 4.24. The van der Waals surface area contributed by atoms with Crippen molar-refractivity contribution in [2.24, 2.45) is 0 Å². The van der Waals surface area contributed by atoms with Crippen molar-refractivity contribution in [3.8, 4) is 6.07 Å². The number of aromatic nitrogens is 2. The van der Waals surface area contributed by atoms with Gasteiger partial charge >= 0.3 is 5.69 Å². The first kappa shape index (κ1) is 13.6. The highest BCUT2D eigenvalue weighted by Gasteiger charge is 2.04. The molecule has 0 spiro atoms. The van der Waals surface area contributed by atoms with E-state index >= 15 is 0 Å². The van der Waals surface area contributed by atoms with Gasteiger partial charge in [-0.15, -0.1) is 0 Å². The number of nitrogens with zero attached hydrogens (tertiary/aromatic N) is 2. The van der Waals surface area contributed by atoms with E-state index in [2.05, 4.69) is 10.3 Å². The Morgan fingerprint density at radius 1 is 1.25 bits per heavy atom. The van der Waals surface area contributed by atoms with Gasteiger partial charge < -0.3 is 5.32 Å². The first-order valence-corrected chi connectivity index (χ1v) is 6.19. The van der Waals surface area contributed by atoms with Gasteiger partial charge in [-0.05, 0) is 5.56 Å². The highest BCUT2D eigenvalue weighted by molar-refractivity contribution is 5.38. The van der Waals surface area contributed by atoms with Crippen molar-refractivity contribution in [3.05, 3.63) is 62.9 Å². The molecule has 6 heteroatoms. The van der Waals surface area contributed by atoms with Gasteiger partial charge in [-0.2, -0.15) is 5.26 Å². The fourth-order valence-corrected chi connectivity index (χ4v) is 1.76. The van der Waals surface area contributed by atoms with Crippen LogP contribution in [0.1, 0.15) is 12.0 Å². The number of benzene rings is 1. The predicted molar refractivity (Wildman–Crippen MR) is 75.3 cm³/mol. The molecular weight excluding hydrogens is 256 g/mol. The maximum Gasteiger partial charge on any atom is 0.328 e. The number of anilines is 1. The quantitative estimate of drug-likeness (QED) is 0.850. The van der Waals surface area contributed by atoms with Crippen LogP contribution in [0.2, 0.25) is 0 Å². The highest BCUT2D eigenvalue weighted by atomic mass is 16.2. The van der Waals surface area contributed by atoms with Gasteiger partial charge in [0.1, 0.15) is 5.69 Å². The molecule has 2 N–H and O–H groups in total. The van der Waals surface area contributed by atoms with Crippen LogP contribution in [0, 0.1) is 11.3 Å². The minimum atomic E-state index is -0.504. The molecule has 0 amide bonds. The molecule has 0 atom stereocenters. The molecule has 102 valence electrons. The molecule has 0 saturated heterocycles. The summed E-state index contributed by atoms with van der Waals surface area (Å²) >= 11 is 0. The lowest BCUT2D eigenvalue weighted by atomic mass is 10.2. The minimum Gasteiger partial charge on any atom is -0.375 e. The van der Waals surface area contributed by atoms with Crippen LogP contribution >= 0.6 is 0 Å². The number of hydrogen-bond donors (Lipinski definition) is 2. The molecule has 0 fully saturated rings. The number of H-pyrrole nitrogens is 1. The molecule has 1 aromatic heterocycles. The van der Waals surface area contributed by atoms with Crippen LogP contribution < -0.4 is 16.6 Å². The fourth-order valence-electron chi connectivity index (χ4n) is 1.76.